The van der Waals surface area contributed by atoms with Crippen LogP contribution < -0.4 is 0 Å². The molecule has 160 valence electrons. The number of rotatable bonds is 6. The molecule has 4 rings (SSSR count). The van der Waals surface area contributed by atoms with E-state index in [0.29, 0.717) is 23.4 Å². The summed E-state index contributed by atoms with van der Waals surface area (Å²) < 4.78 is 0. The molecule has 9 atom stereocenters. The molecule has 4 aliphatic carbocycles. The first kappa shape index (κ1) is 21.0. The molecule has 0 radical (unpaired) electrons. The normalized spacial score (nSPS) is 48.4. The van der Waals surface area contributed by atoms with Crippen LogP contribution in [-0.2, 0) is 0 Å². The lowest BCUT2D eigenvalue weighted by Crippen LogP contribution is -2.51. The summed E-state index contributed by atoms with van der Waals surface area (Å²) in [6.07, 6.45) is 17.8. The van der Waals surface area contributed by atoms with E-state index in [4.69, 9.17) is 0 Å². The van der Waals surface area contributed by atoms with Gasteiger partial charge in [-0.3, -0.25) is 0 Å². The molecular weight excluding hydrogens is 340 g/mol. The fraction of sp³-hybridized carbons (Fsp3) is 0.926. The third-order valence-corrected chi connectivity index (χ3v) is 10.4. The fourth-order valence-corrected chi connectivity index (χ4v) is 8.90. The predicted octanol–water partition coefficient (Wildman–Crippen LogP) is 7.10. The second-order valence-electron chi connectivity index (χ2n) is 12.2. The summed E-state index contributed by atoms with van der Waals surface area (Å²) in [5.41, 5.74) is 1.02. The molecule has 3 saturated carbocycles. The number of aliphatic hydroxyl groups excluding tert-OH is 1. The summed E-state index contributed by atoms with van der Waals surface area (Å²) in [5, 5.41) is 9.90. The van der Waals surface area contributed by atoms with Crippen molar-refractivity contribution < 1.29 is 5.11 Å². The van der Waals surface area contributed by atoms with Crippen molar-refractivity contribution in [2.45, 2.75) is 92.4 Å². The minimum atomic E-state index is 0.425. The molecule has 1 heteroatoms. The third-order valence-electron chi connectivity index (χ3n) is 10.4. The number of hydrogen-bond donors (Lipinski definition) is 1. The van der Waals surface area contributed by atoms with Gasteiger partial charge in [-0.15, -0.1) is 0 Å². The second-order valence-corrected chi connectivity index (χ2v) is 12.2. The summed E-state index contributed by atoms with van der Waals surface area (Å²) >= 11 is 0. The average molecular weight is 387 g/mol. The van der Waals surface area contributed by atoms with E-state index in [1.165, 1.54) is 57.8 Å². The van der Waals surface area contributed by atoms with E-state index in [9.17, 15) is 5.11 Å². The van der Waals surface area contributed by atoms with Gasteiger partial charge in [0.25, 0.3) is 0 Å². The third kappa shape index (κ3) is 3.23. The summed E-state index contributed by atoms with van der Waals surface area (Å²) in [6, 6.07) is 0. The highest BCUT2D eigenvalue weighted by molar-refractivity contribution is 5.20. The molecule has 0 unspecified atom stereocenters. The molecule has 0 aliphatic heterocycles. The van der Waals surface area contributed by atoms with Crippen molar-refractivity contribution in [3.8, 4) is 0 Å². The van der Waals surface area contributed by atoms with Crippen LogP contribution in [0.3, 0.4) is 0 Å². The minimum absolute atomic E-state index is 0.425. The molecule has 1 N–H and O–H groups in total. The van der Waals surface area contributed by atoms with E-state index in [-0.39, 0.29) is 0 Å². The highest BCUT2D eigenvalue weighted by Crippen LogP contribution is 2.68. The Morgan fingerprint density at radius 3 is 2.36 bits per heavy atom. The molecule has 28 heavy (non-hydrogen) atoms. The molecule has 4 aliphatic rings. The zero-order chi connectivity index (χ0) is 20.1. The Bertz CT molecular complexity index is 579. The van der Waals surface area contributed by atoms with Crippen molar-refractivity contribution in [3.63, 3.8) is 0 Å². The van der Waals surface area contributed by atoms with Crippen molar-refractivity contribution in [3.05, 3.63) is 12.2 Å². The van der Waals surface area contributed by atoms with E-state index in [0.717, 1.165) is 41.4 Å². The molecular formula is C27H46O. The van der Waals surface area contributed by atoms with E-state index in [1.807, 2.05) is 0 Å². The molecule has 0 aromatic carbocycles. The van der Waals surface area contributed by atoms with Gasteiger partial charge < -0.3 is 5.11 Å². The first-order valence-corrected chi connectivity index (χ1v) is 12.6. The van der Waals surface area contributed by atoms with Gasteiger partial charge in [-0.05, 0) is 96.7 Å². The number of aliphatic hydroxyl groups is 1. The van der Waals surface area contributed by atoms with Gasteiger partial charge in [-0.25, -0.2) is 0 Å². The van der Waals surface area contributed by atoms with Crippen LogP contribution in [0, 0.1) is 58.2 Å². The van der Waals surface area contributed by atoms with Crippen LogP contribution in [0.4, 0.5) is 0 Å². The maximum atomic E-state index is 9.90. The zero-order valence-electron chi connectivity index (χ0n) is 19.3. The van der Waals surface area contributed by atoms with Crippen LogP contribution in [0.1, 0.15) is 92.4 Å². The largest absolute Gasteiger partial charge is 0.396 e. The summed E-state index contributed by atoms with van der Waals surface area (Å²) in [7, 11) is 0. The predicted molar refractivity (Wildman–Crippen MR) is 119 cm³/mol. The zero-order valence-corrected chi connectivity index (χ0v) is 19.3. The lowest BCUT2D eigenvalue weighted by molar-refractivity contribution is -0.0900. The highest BCUT2D eigenvalue weighted by Gasteiger charge is 2.60. The lowest BCUT2D eigenvalue weighted by atomic mass is 9.46. The van der Waals surface area contributed by atoms with Crippen molar-refractivity contribution >= 4 is 0 Å². The van der Waals surface area contributed by atoms with Crippen molar-refractivity contribution in [2.24, 2.45) is 58.2 Å². The second kappa shape index (κ2) is 7.75. The van der Waals surface area contributed by atoms with Gasteiger partial charge in [0, 0.05) is 6.61 Å². The molecule has 0 aromatic rings. The van der Waals surface area contributed by atoms with Crippen LogP contribution in [0.2, 0.25) is 0 Å². The first-order chi connectivity index (χ1) is 13.3. The first-order valence-electron chi connectivity index (χ1n) is 12.6. The standard InChI is InChI=1S/C27H46O/c1-18(2)7-6-8-19(3)22-11-12-24-21-9-10-23-20(17-28)13-15-27(23,5)25(21)14-16-26(22,24)4/h11-12,18-25,28H,6-10,13-17H2,1-5H3/t19-,20-,21+,22-,23+,24+,25+,26-,27+/m1/s1. The van der Waals surface area contributed by atoms with E-state index in [2.05, 4.69) is 46.8 Å². The van der Waals surface area contributed by atoms with Gasteiger partial charge in [0.2, 0.25) is 0 Å². The highest BCUT2D eigenvalue weighted by atomic mass is 16.3. The smallest absolute Gasteiger partial charge is 0.0462 e. The van der Waals surface area contributed by atoms with Gasteiger partial charge in [-0.1, -0.05) is 66.0 Å². The van der Waals surface area contributed by atoms with Crippen LogP contribution in [0.5, 0.6) is 0 Å². The molecule has 0 aromatic heterocycles. The molecule has 0 bridgehead atoms. The van der Waals surface area contributed by atoms with Crippen LogP contribution in [0.15, 0.2) is 12.2 Å². The maximum absolute atomic E-state index is 9.90. The summed E-state index contributed by atoms with van der Waals surface area (Å²) in [5.74, 6) is 6.47. The fourth-order valence-electron chi connectivity index (χ4n) is 8.90. The van der Waals surface area contributed by atoms with Crippen molar-refractivity contribution in [1.82, 2.24) is 0 Å². The van der Waals surface area contributed by atoms with Crippen molar-refractivity contribution in [1.29, 1.82) is 0 Å². The quantitative estimate of drug-likeness (QED) is 0.483. The molecule has 0 amide bonds. The molecule has 0 heterocycles. The van der Waals surface area contributed by atoms with Crippen molar-refractivity contribution in [2.75, 3.05) is 6.61 Å². The summed E-state index contributed by atoms with van der Waals surface area (Å²) in [6.45, 7) is 12.9. The minimum Gasteiger partial charge on any atom is -0.396 e. The molecule has 3 fully saturated rings. The summed E-state index contributed by atoms with van der Waals surface area (Å²) in [4.78, 5) is 0. The molecule has 0 saturated heterocycles. The molecule has 1 nitrogen and oxygen atoms in total. The van der Waals surface area contributed by atoms with Gasteiger partial charge in [-0.2, -0.15) is 0 Å². The Kier molecular flexibility index (Phi) is 5.80. The number of hydrogen-bond acceptors (Lipinski definition) is 1. The van der Waals surface area contributed by atoms with Crippen LogP contribution in [0.25, 0.3) is 0 Å². The monoisotopic (exact) mass is 386 g/mol. The Labute approximate surface area is 174 Å². The van der Waals surface area contributed by atoms with E-state index in [1.54, 1.807) is 0 Å². The van der Waals surface area contributed by atoms with Gasteiger partial charge in [0.05, 0.1) is 0 Å². The van der Waals surface area contributed by atoms with Crippen LogP contribution >= 0.6 is 0 Å². The van der Waals surface area contributed by atoms with E-state index < -0.39 is 0 Å². The SMILES string of the molecule is CC(C)CCC[C@@H](C)[C@H]1C=C[C@H]2[C@@H]3CC[C@H]4[C@@H](CO)CC[C@]4(C)[C@H]3CC[C@]12C. The maximum Gasteiger partial charge on any atom is 0.0462 e. The average Bonchev–Trinajstić information content (AvgIpc) is 3.17. The Hall–Kier alpha value is -0.300. The Balaban J connectivity index is 1.47. The van der Waals surface area contributed by atoms with Gasteiger partial charge >= 0.3 is 0 Å². The Morgan fingerprint density at radius 1 is 0.893 bits per heavy atom. The van der Waals surface area contributed by atoms with E-state index >= 15 is 0 Å². The molecule has 0 spiro atoms. The van der Waals surface area contributed by atoms with Gasteiger partial charge in [0.15, 0.2) is 0 Å². The van der Waals surface area contributed by atoms with Gasteiger partial charge in [0.1, 0.15) is 0 Å². The van der Waals surface area contributed by atoms with Crippen LogP contribution in [-0.4, -0.2) is 11.7 Å². The Morgan fingerprint density at radius 2 is 1.64 bits per heavy atom. The number of fused-ring (bicyclic) bond motifs is 5. The lowest BCUT2D eigenvalue weighted by Gasteiger charge is -2.58. The topological polar surface area (TPSA) is 20.2 Å². The number of allylic oxidation sites excluding steroid dienone is 2.